The van der Waals surface area contributed by atoms with Crippen molar-refractivity contribution in [3.8, 4) is 6.07 Å². The molecule has 0 saturated carbocycles. The Labute approximate surface area is 154 Å². The minimum absolute atomic E-state index is 0.136. The summed E-state index contributed by atoms with van der Waals surface area (Å²) in [5.41, 5.74) is 1.78. The van der Waals surface area contributed by atoms with Gasteiger partial charge >= 0.3 is 0 Å². The lowest BCUT2D eigenvalue weighted by molar-refractivity contribution is -0.115. The molecule has 0 spiro atoms. The second kappa shape index (κ2) is 7.97. The first-order valence-electron chi connectivity index (χ1n) is 8.42. The van der Waals surface area contributed by atoms with Gasteiger partial charge in [0.25, 0.3) is 0 Å². The molecule has 3 rings (SSSR count). The lowest BCUT2D eigenvalue weighted by Gasteiger charge is -2.10. The Kier molecular flexibility index (Phi) is 5.71. The monoisotopic (exact) mass is 376 g/mol. The molecule has 1 N–H and O–H groups in total. The number of aromatic nitrogens is 4. The molecule has 0 aromatic carbocycles. The number of hydrogen-bond donors (Lipinski definition) is 1. The van der Waals surface area contributed by atoms with Crippen LogP contribution in [0.2, 0.25) is 0 Å². The van der Waals surface area contributed by atoms with Gasteiger partial charge in [0, 0.05) is 11.4 Å². The minimum Gasteiger partial charge on any atom is -0.316 e. The number of hydrogen-bond acceptors (Lipinski definition) is 7. The fourth-order valence-corrected chi connectivity index (χ4v) is 4.95. The van der Waals surface area contributed by atoms with E-state index in [1.165, 1.54) is 23.1 Å². The van der Waals surface area contributed by atoms with Gasteiger partial charge in [-0.05, 0) is 55.5 Å². The van der Waals surface area contributed by atoms with E-state index in [0.29, 0.717) is 22.3 Å². The summed E-state index contributed by atoms with van der Waals surface area (Å²) >= 11 is 2.87. The Bertz CT molecular complexity index is 806. The predicted octanol–water partition coefficient (Wildman–Crippen LogP) is 3.01. The Morgan fingerprint density at radius 1 is 1.44 bits per heavy atom. The number of carbonyl (C=O) groups excluding carboxylic acids is 1. The molecule has 0 aliphatic heterocycles. The second-order valence-corrected chi connectivity index (χ2v) is 8.32. The van der Waals surface area contributed by atoms with Gasteiger partial charge in [0.1, 0.15) is 11.1 Å². The van der Waals surface area contributed by atoms with Gasteiger partial charge in [-0.3, -0.25) is 4.79 Å². The van der Waals surface area contributed by atoms with Crippen LogP contribution in [0.25, 0.3) is 0 Å². The van der Waals surface area contributed by atoms with Gasteiger partial charge in [-0.25, -0.2) is 4.68 Å². The van der Waals surface area contributed by atoms with Crippen LogP contribution in [0.4, 0.5) is 5.00 Å². The molecule has 9 heteroatoms. The Hall–Kier alpha value is -1.92. The molecule has 0 radical (unpaired) electrons. The number of fused-ring (bicyclic) bond motifs is 1. The first kappa shape index (κ1) is 17.9. The highest BCUT2D eigenvalue weighted by Gasteiger charge is 2.24. The highest BCUT2D eigenvalue weighted by molar-refractivity contribution is 8.00. The largest absolute Gasteiger partial charge is 0.316 e. The second-order valence-electron chi connectivity index (χ2n) is 5.91. The maximum absolute atomic E-state index is 12.6. The number of rotatable bonds is 5. The molecule has 1 aliphatic carbocycles. The average molecular weight is 377 g/mol. The van der Waals surface area contributed by atoms with Crippen molar-refractivity contribution in [2.45, 2.75) is 62.9 Å². The van der Waals surface area contributed by atoms with Crippen LogP contribution in [-0.4, -0.2) is 31.4 Å². The van der Waals surface area contributed by atoms with Crippen LogP contribution in [0.3, 0.4) is 0 Å². The number of nitrogens with zero attached hydrogens (tertiary/aromatic N) is 5. The van der Waals surface area contributed by atoms with Gasteiger partial charge in [0.05, 0.1) is 10.8 Å². The molecule has 132 valence electrons. The number of thiophene rings is 1. The van der Waals surface area contributed by atoms with Crippen molar-refractivity contribution in [2.24, 2.45) is 0 Å². The van der Waals surface area contributed by atoms with Crippen molar-refractivity contribution in [3.63, 3.8) is 0 Å². The molecule has 2 heterocycles. The van der Waals surface area contributed by atoms with Crippen molar-refractivity contribution in [3.05, 3.63) is 16.0 Å². The first-order chi connectivity index (χ1) is 12.1. The average Bonchev–Trinajstić information content (AvgIpc) is 3.11. The van der Waals surface area contributed by atoms with Crippen molar-refractivity contribution >= 4 is 34.0 Å². The summed E-state index contributed by atoms with van der Waals surface area (Å²) in [5.74, 6) is -0.136. The molecular formula is C16H20N6OS2. The molecule has 0 unspecified atom stereocenters. The third kappa shape index (κ3) is 3.85. The van der Waals surface area contributed by atoms with Gasteiger partial charge < -0.3 is 5.32 Å². The van der Waals surface area contributed by atoms with Crippen LogP contribution < -0.4 is 5.32 Å². The predicted molar refractivity (Wildman–Crippen MR) is 97.7 cm³/mol. The van der Waals surface area contributed by atoms with Crippen molar-refractivity contribution in [1.29, 1.82) is 5.26 Å². The van der Waals surface area contributed by atoms with Gasteiger partial charge in [-0.2, -0.15) is 5.26 Å². The maximum atomic E-state index is 12.6. The third-order valence-corrected chi connectivity index (χ3v) is 6.50. The number of thioether (sulfide) groups is 1. The smallest absolute Gasteiger partial charge is 0.238 e. The molecule has 1 aliphatic rings. The van der Waals surface area contributed by atoms with E-state index < -0.39 is 0 Å². The fraction of sp³-hybridized carbons (Fsp3) is 0.562. The standard InChI is InChI=1S/C16H20N6OS2/c1-3-22-16(19-20-21-22)24-10(2)14(23)18-15-12(9-17)11-7-5-4-6-8-13(11)25-15/h10H,3-8H2,1-2H3,(H,18,23)/t10-/m1/s1. The van der Waals surface area contributed by atoms with E-state index in [4.69, 9.17) is 0 Å². The van der Waals surface area contributed by atoms with Gasteiger partial charge in [0.2, 0.25) is 11.1 Å². The maximum Gasteiger partial charge on any atom is 0.238 e. The number of tetrazole rings is 1. The van der Waals surface area contributed by atoms with E-state index in [1.54, 1.807) is 16.0 Å². The summed E-state index contributed by atoms with van der Waals surface area (Å²) in [6, 6.07) is 2.29. The highest BCUT2D eigenvalue weighted by atomic mass is 32.2. The molecule has 7 nitrogen and oxygen atoms in total. The molecule has 25 heavy (non-hydrogen) atoms. The minimum atomic E-state index is -0.357. The van der Waals surface area contributed by atoms with E-state index >= 15 is 0 Å². The summed E-state index contributed by atoms with van der Waals surface area (Å²) in [4.78, 5) is 13.8. The number of amides is 1. The van der Waals surface area contributed by atoms with Crippen molar-refractivity contribution in [1.82, 2.24) is 20.2 Å². The van der Waals surface area contributed by atoms with Gasteiger partial charge in [0.15, 0.2) is 0 Å². The van der Waals surface area contributed by atoms with Gasteiger partial charge in [-0.15, -0.1) is 16.4 Å². The zero-order valence-corrected chi connectivity index (χ0v) is 15.9. The molecule has 0 fully saturated rings. The van der Waals surface area contributed by atoms with Gasteiger partial charge in [-0.1, -0.05) is 18.2 Å². The fourth-order valence-electron chi connectivity index (χ4n) is 2.85. The Balaban J connectivity index is 1.73. The number of aryl methyl sites for hydroxylation is 2. The Morgan fingerprint density at radius 2 is 2.24 bits per heavy atom. The number of anilines is 1. The Morgan fingerprint density at radius 3 is 3.00 bits per heavy atom. The van der Waals surface area contributed by atoms with E-state index in [-0.39, 0.29) is 11.2 Å². The summed E-state index contributed by atoms with van der Waals surface area (Å²) < 4.78 is 1.66. The zero-order valence-electron chi connectivity index (χ0n) is 14.3. The van der Waals surface area contributed by atoms with Crippen molar-refractivity contribution < 1.29 is 4.79 Å². The van der Waals surface area contributed by atoms with E-state index in [0.717, 1.165) is 31.2 Å². The SMILES string of the molecule is CCn1nnnc1S[C@H](C)C(=O)Nc1sc2c(c1C#N)CCCCC2. The van der Waals surface area contributed by atoms with Crippen LogP contribution in [-0.2, 0) is 24.2 Å². The molecule has 1 atom stereocenters. The highest BCUT2D eigenvalue weighted by Crippen LogP contribution is 2.37. The molecule has 0 saturated heterocycles. The molecule has 1 amide bonds. The third-order valence-electron chi connectivity index (χ3n) is 4.22. The molecular weight excluding hydrogens is 356 g/mol. The topological polar surface area (TPSA) is 96.5 Å². The van der Waals surface area contributed by atoms with Crippen LogP contribution in [0.1, 0.15) is 49.1 Å². The normalized spacial score (nSPS) is 15.1. The quantitative estimate of drug-likeness (QED) is 0.636. The number of carbonyl (C=O) groups is 1. The number of nitriles is 1. The lowest BCUT2D eigenvalue weighted by Crippen LogP contribution is -2.23. The zero-order chi connectivity index (χ0) is 17.8. The molecule has 2 aromatic rings. The number of nitrogens with one attached hydrogen (secondary N) is 1. The summed E-state index contributed by atoms with van der Waals surface area (Å²) in [6.45, 7) is 4.42. The van der Waals surface area contributed by atoms with Crippen LogP contribution in [0, 0.1) is 11.3 Å². The van der Waals surface area contributed by atoms with E-state index in [9.17, 15) is 10.1 Å². The van der Waals surface area contributed by atoms with Crippen LogP contribution in [0.5, 0.6) is 0 Å². The molecule has 2 aromatic heterocycles. The van der Waals surface area contributed by atoms with E-state index in [2.05, 4.69) is 26.9 Å². The summed E-state index contributed by atoms with van der Waals surface area (Å²) in [7, 11) is 0. The lowest BCUT2D eigenvalue weighted by atomic mass is 10.1. The summed E-state index contributed by atoms with van der Waals surface area (Å²) in [5, 5.41) is 24.9. The van der Waals surface area contributed by atoms with Crippen LogP contribution in [0.15, 0.2) is 5.16 Å². The first-order valence-corrected chi connectivity index (χ1v) is 10.1. The van der Waals surface area contributed by atoms with Crippen LogP contribution >= 0.6 is 23.1 Å². The molecule has 0 bridgehead atoms. The van der Waals surface area contributed by atoms with Crippen molar-refractivity contribution in [2.75, 3.05) is 5.32 Å². The van der Waals surface area contributed by atoms with E-state index in [1.807, 2.05) is 13.8 Å². The summed E-state index contributed by atoms with van der Waals surface area (Å²) in [6.07, 6.45) is 5.39.